The Bertz CT molecular complexity index is 1690. The van der Waals surface area contributed by atoms with E-state index in [1.54, 1.807) is 0 Å². The zero-order valence-corrected chi connectivity index (χ0v) is 17.4. The first kappa shape index (κ1) is 23.7. The molecule has 5 aromatic carbocycles. The third-order valence-corrected chi connectivity index (χ3v) is 5.77. The molecular formula is C26H8F10. The van der Waals surface area contributed by atoms with Crippen LogP contribution in [0, 0.1) is 58.2 Å². The molecule has 182 valence electrons. The fourth-order valence-corrected chi connectivity index (χ4v) is 4.29. The van der Waals surface area contributed by atoms with Gasteiger partial charge in [0.1, 0.15) is 5.82 Å². The predicted molar refractivity (Wildman–Crippen MR) is 112 cm³/mol. The Morgan fingerprint density at radius 2 is 0.861 bits per heavy atom. The van der Waals surface area contributed by atoms with Gasteiger partial charge in [0.2, 0.25) is 0 Å². The van der Waals surface area contributed by atoms with Gasteiger partial charge in [-0.3, -0.25) is 0 Å². The van der Waals surface area contributed by atoms with Crippen LogP contribution in [0.15, 0.2) is 48.5 Å². The van der Waals surface area contributed by atoms with Crippen LogP contribution in [0.2, 0.25) is 0 Å². The van der Waals surface area contributed by atoms with Crippen molar-refractivity contribution in [3.05, 3.63) is 107 Å². The summed E-state index contributed by atoms with van der Waals surface area (Å²) in [6.45, 7) is 0. The maximum Gasteiger partial charge on any atom is 0.194 e. The first-order valence-electron chi connectivity index (χ1n) is 10.0. The van der Waals surface area contributed by atoms with Crippen LogP contribution in [0.5, 0.6) is 0 Å². The Labute approximate surface area is 195 Å². The minimum atomic E-state index is -1.95. The third kappa shape index (κ3) is 3.39. The number of hydrogen-bond donors (Lipinski definition) is 0. The molecule has 0 spiro atoms. The van der Waals surface area contributed by atoms with Crippen LogP contribution in [0.1, 0.15) is 0 Å². The lowest BCUT2D eigenvalue weighted by atomic mass is 9.85. The summed E-state index contributed by atoms with van der Waals surface area (Å²) in [5, 5.41) is -2.18. The molecular weight excluding hydrogens is 502 g/mol. The van der Waals surface area contributed by atoms with Crippen LogP contribution < -0.4 is 0 Å². The molecule has 0 amide bonds. The monoisotopic (exact) mass is 510 g/mol. The second-order valence-electron chi connectivity index (χ2n) is 7.82. The minimum absolute atomic E-state index is 0.0897. The maximum absolute atomic E-state index is 15.2. The average Bonchev–Trinajstić information content (AvgIpc) is 2.82. The average molecular weight is 510 g/mol. The van der Waals surface area contributed by atoms with E-state index in [0.29, 0.717) is 24.3 Å². The largest absolute Gasteiger partial charge is 0.206 e. The fraction of sp³-hybridized carbons (Fsp3) is 0. The number of hydrogen-bond acceptors (Lipinski definition) is 0. The van der Waals surface area contributed by atoms with E-state index in [2.05, 4.69) is 0 Å². The van der Waals surface area contributed by atoms with Gasteiger partial charge < -0.3 is 0 Å². The van der Waals surface area contributed by atoms with Crippen LogP contribution in [0.25, 0.3) is 43.8 Å². The quantitative estimate of drug-likeness (QED) is 0.0965. The van der Waals surface area contributed by atoms with E-state index >= 15 is 4.39 Å². The maximum atomic E-state index is 15.2. The van der Waals surface area contributed by atoms with Gasteiger partial charge in [-0.15, -0.1) is 0 Å². The summed E-state index contributed by atoms with van der Waals surface area (Å²) >= 11 is 0. The number of benzene rings is 5. The lowest BCUT2D eigenvalue weighted by molar-refractivity contribution is 0.448. The van der Waals surface area contributed by atoms with Crippen LogP contribution in [0.4, 0.5) is 43.9 Å². The second kappa shape index (κ2) is 8.25. The summed E-state index contributed by atoms with van der Waals surface area (Å²) < 4.78 is 144. The van der Waals surface area contributed by atoms with E-state index in [-0.39, 0.29) is 17.0 Å². The lowest BCUT2D eigenvalue weighted by Crippen LogP contribution is -2.02. The standard InChI is InChI=1S/C26H8F10/c27-13-3-1-2-10-20(9-4-16(30)24(34)17(31)5-9)11-6-14(28)15(29)7-12(11)22(21(10)13)23-25(35)18(32)8-19(33)26(23)36/h1-8H. The zero-order valence-electron chi connectivity index (χ0n) is 17.4. The molecule has 5 rings (SSSR count). The molecule has 0 atom stereocenters. The summed E-state index contributed by atoms with van der Waals surface area (Å²) in [6, 6.07) is 4.81. The first-order valence-corrected chi connectivity index (χ1v) is 10.0. The van der Waals surface area contributed by atoms with Crippen molar-refractivity contribution in [2.75, 3.05) is 0 Å². The molecule has 36 heavy (non-hydrogen) atoms. The molecule has 0 saturated heterocycles. The number of halogens is 10. The number of rotatable bonds is 2. The Morgan fingerprint density at radius 1 is 0.361 bits per heavy atom. The summed E-state index contributed by atoms with van der Waals surface area (Å²) in [5.74, 6) is -17.1. The van der Waals surface area contributed by atoms with E-state index < -0.39 is 91.0 Å². The number of fused-ring (bicyclic) bond motifs is 2. The molecule has 0 bridgehead atoms. The lowest BCUT2D eigenvalue weighted by Gasteiger charge is -2.19. The second-order valence-corrected chi connectivity index (χ2v) is 7.82. The molecule has 0 fully saturated rings. The van der Waals surface area contributed by atoms with Crippen LogP contribution in [-0.4, -0.2) is 0 Å². The molecule has 5 aromatic rings. The minimum Gasteiger partial charge on any atom is -0.206 e. The topological polar surface area (TPSA) is 0 Å². The molecule has 0 aliphatic rings. The van der Waals surface area contributed by atoms with Gasteiger partial charge in [-0.2, -0.15) is 0 Å². The Balaban J connectivity index is 2.12. The van der Waals surface area contributed by atoms with E-state index in [9.17, 15) is 39.5 Å². The van der Waals surface area contributed by atoms with E-state index in [1.807, 2.05) is 0 Å². The predicted octanol–water partition coefficient (Wildman–Crippen LogP) is 8.72. The highest BCUT2D eigenvalue weighted by molar-refractivity contribution is 6.21. The van der Waals surface area contributed by atoms with Crippen LogP contribution >= 0.6 is 0 Å². The van der Waals surface area contributed by atoms with Gasteiger partial charge in [-0.25, -0.2) is 43.9 Å². The SMILES string of the molecule is Fc1cc2c(-c3cc(F)c(F)c(F)c3)c3cccc(F)c3c(-c3c(F)c(F)cc(F)c3F)c2cc1F. The summed E-state index contributed by atoms with van der Waals surface area (Å²) in [7, 11) is 0. The van der Waals surface area contributed by atoms with Crippen LogP contribution in [-0.2, 0) is 0 Å². The normalized spacial score (nSPS) is 11.6. The zero-order chi connectivity index (χ0) is 26.0. The molecule has 0 heterocycles. The van der Waals surface area contributed by atoms with Crippen molar-refractivity contribution in [3.63, 3.8) is 0 Å². The van der Waals surface area contributed by atoms with Crippen molar-refractivity contribution < 1.29 is 43.9 Å². The summed E-state index contributed by atoms with van der Waals surface area (Å²) in [6.07, 6.45) is 0. The van der Waals surface area contributed by atoms with Gasteiger partial charge >= 0.3 is 0 Å². The van der Waals surface area contributed by atoms with Gasteiger partial charge in [0, 0.05) is 17.0 Å². The van der Waals surface area contributed by atoms with E-state index in [0.717, 1.165) is 18.2 Å². The highest BCUT2D eigenvalue weighted by atomic mass is 19.2. The smallest absolute Gasteiger partial charge is 0.194 e. The molecule has 0 aliphatic heterocycles. The van der Waals surface area contributed by atoms with E-state index in [1.165, 1.54) is 0 Å². The summed E-state index contributed by atoms with van der Waals surface area (Å²) in [5.41, 5.74) is -3.12. The Hall–Kier alpha value is -4.08. The molecule has 0 radical (unpaired) electrons. The van der Waals surface area contributed by atoms with Gasteiger partial charge in [0.05, 0.1) is 5.56 Å². The van der Waals surface area contributed by atoms with Crippen molar-refractivity contribution in [2.45, 2.75) is 0 Å². The molecule has 0 aromatic heterocycles. The first-order chi connectivity index (χ1) is 17.0. The van der Waals surface area contributed by atoms with Gasteiger partial charge in [0.25, 0.3) is 0 Å². The van der Waals surface area contributed by atoms with E-state index in [4.69, 9.17) is 0 Å². The van der Waals surface area contributed by atoms with Gasteiger partial charge in [0.15, 0.2) is 52.4 Å². The Morgan fingerprint density at radius 3 is 1.42 bits per heavy atom. The fourth-order valence-electron chi connectivity index (χ4n) is 4.29. The van der Waals surface area contributed by atoms with Crippen LogP contribution in [0.3, 0.4) is 0 Å². The highest BCUT2D eigenvalue weighted by Crippen LogP contribution is 2.47. The van der Waals surface area contributed by atoms with Crippen molar-refractivity contribution in [1.82, 2.24) is 0 Å². The van der Waals surface area contributed by atoms with Crippen molar-refractivity contribution >= 4 is 21.5 Å². The Kier molecular flexibility index (Phi) is 5.42. The molecule has 0 aliphatic carbocycles. The molecule has 0 saturated carbocycles. The van der Waals surface area contributed by atoms with Gasteiger partial charge in [-0.05, 0) is 57.6 Å². The van der Waals surface area contributed by atoms with Crippen molar-refractivity contribution in [1.29, 1.82) is 0 Å². The van der Waals surface area contributed by atoms with Gasteiger partial charge in [-0.1, -0.05) is 12.1 Å². The molecule has 0 nitrogen and oxygen atoms in total. The highest BCUT2D eigenvalue weighted by Gasteiger charge is 2.28. The molecule has 10 heteroatoms. The molecule has 0 unspecified atom stereocenters. The summed E-state index contributed by atoms with van der Waals surface area (Å²) in [4.78, 5) is 0. The molecule has 0 N–H and O–H groups in total. The third-order valence-electron chi connectivity index (χ3n) is 5.77. The van der Waals surface area contributed by atoms with Crippen molar-refractivity contribution in [3.8, 4) is 22.3 Å². The van der Waals surface area contributed by atoms with Crippen molar-refractivity contribution in [2.24, 2.45) is 0 Å².